The van der Waals surface area contributed by atoms with Gasteiger partial charge in [0.2, 0.25) is 0 Å². The second-order valence-electron chi connectivity index (χ2n) is 1.77. The van der Waals surface area contributed by atoms with Gasteiger partial charge in [-0.15, -0.1) is 0 Å². The van der Waals surface area contributed by atoms with E-state index in [2.05, 4.69) is 9.97 Å². The monoisotopic (exact) mass is 156 g/mol. The van der Waals surface area contributed by atoms with E-state index in [-0.39, 0.29) is 40.9 Å². The zero-order chi connectivity index (χ0) is 7.56. The number of aryl methyl sites for hydroxylation is 1. The van der Waals surface area contributed by atoms with Crippen molar-refractivity contribution in [3.63, 3.8) is 0 Å². The number of H-pyrrole nitrogens is 1. The van der Waals surface area contributed by atoms with Crippen LogP contribution in [-0.4, -0.2) is 39.5 Å². The predicted molar refractivity (Wildman–Crippen MR) is 39.9 cm³/mol. The number of nitrogens with zero attached hydrogens (tertiary/aromatic N) is 3. The van der Waals surface area contributed by atoms with E-state index in [1.54, 1.807) is 13.0 Å². The quantitative estimate of drug-likeness (QED) is 0.529. The van der Waals surface area contributed by atoms with Crippen molar-refractivity contribution in [1.82, 2.24) is 9.97 Å². The van der Waals surface area contributed by atoms with Crippen LogP contribution in [0.15, 0.2) is 0 Å². The Morgan fingerprint density at radius 1 is 1.36 bits per heavy atom. The first-order valence-corrected chi connectivity index (χ1v) is 2.64. The molecule has 0 amide bonds. The average molecular weight is 156 g/mol. The molecule has 0 saturated carbocycles. The molecule has 5 heteroatoms. The third-order valence-electron chi connectivity index (χ3n) is 1.04. The third-order valence-corrected chi connectivity index (χ3v) is 1.04. The van der Waals surface area contributed by atoms with E-state index in [0.717, 1.165) is 0 Å². The van der Waals surface area contributed by atoms with E-state index in [0.29, 0.717) is 5.82 Å². The molecule has 1 heterocycles. The Labute approximate surface area is 86.2 Å². The molecule has 0 aromatic carbocycles. The summed E-state index contributed by atoms with van der Waals surface area (Å²) in [5, 5.41) is 16.8. The van der Waals surface area contributed by atoms with Gasteiger partial charge in [0.1, 0.15) is 18.0 Å². The third kappa shape index (κ3) is 2.06. The molecule has 0 bridgehead atoms. The summed E-state index contributed by atoms with van der Waals surface area (Å²) in [6.07, 6.45) is 0. The second-order valence-corrected chi connectivity index (χ2v) is 1.77. The average Bonchev–Trinajstić information content (AvgIpc) is 2.30. The van der Waals surface area contributed by atoms with E-state index in [9.17, 15) is 0 Å². The van der Waals surface area contributed by atoms with Gasteiger partial charge in [-0.25, -0.2) is 4.98 Å². The molecular weight excluding hydrogens is 151 g/mol. The number of hydrogen-bond acceptors (Lipinski definition) is 3. The zero-order valence-electron chi connectivity index (χ0n) is 5.34. The van der Waals surface area contributed by atoms with Gasteiger partial charge >= 0.3 is 29.6 Å². The van der Waals surface area contributed by atoms with E-state index in [4.69, 9.17) is 10.5 Å². The van der Waals surface area contributed by atoms with Crippen LogP contribution in [0.4, 0.5) is 0 Å². The van der Waals surface area contributed by atoms with Crippen LogP contribution in [0.25, 0.3) is 0 Å². The van der Waals surface area contributed by atoms with Crippen LogP contribution >= 0.6 is 0 Å². The van der Waals surface area contributed by atoms with Crippen LogP contribution in [0, 0.1) is 29.6 Å². The number of hydrogen-bond donors (Lipinski definition) is 1. The van der Waals surface area contributed by atoms with Gasteiger partial charge < -0.3 is 4.98 Å². The van der Waals surface area contributed by atoms with E-state index in [1.807, 2.05) is 6.07 Å². The predicted octanol–water partition coefficient (Wildman–Crippen LogP) is -0.187. The van der Waals surface area contributed by atoms with Crippen molar-refractivity contribution in [1.29, 1.82) is 10.5 Å². The number of nitrogens with one attached hydrogen (secondary N) is 1. The molecule has 4 nitrogen and oxygen atoms in total. The van der Waals surface area contributed by atoms with Crippen LogP contribution < -0.4 is 0 Å². The number of aromatic nitrogens is 2. The van der Waals surface area contributed by atoms with Crippen molar-refractivity contribution in [3.8, 4) is 12.1 Å². The fourth-order valence-corrected chi connectivity index (χ4v) is 0.653. The molecular formula is C6H5N4Na. The summed E-state index contributed by atoms with van der Waals surface area (Å²) in [4.78, 5) is 6.41. The van der Waals surface area contributed by atoms with Crippen LogP contribution in [-0.2, 0) is 0 Å². The maximum absolute atomic E-state index is 8.39. The first kappa shape index (κ1) is 10.2. The van der Waals surface area contributed by atoms with Crippen LogP contribution in [0.2, 0.25) is 0 Å². The van der Waals surface area contributed by atoms with Crippen molar-refractivity contribution >= 4 is 29.6 Å². The SMILES string of the molecule is Cc1nc(C#N)c(C#N)[nH]1.[NaH]. The Morgan fingerprint density at radius 3 is 2.36 bits per heavy atom. The Kier molecular flexibility index (Phi) is 3.84. The molecule has 0 radical (unpaired) electrons. The first-order valence-electron chi connectivity index (χ1n) is 2.64. The Morgan fingerprint density at radius 2 is 2.00 bits per heavy atom. The number of imidazole rings is 1. The standard InChI is InChI=1S/C6H4N4.Na.H/c1-4-9-5(2-7)6(3-8)10-4;;/h1H3,(H,9,10);;. The van der Waals surface area contributed by atoms with Crippen LogP contribution in [0.1, 0.15) is 17.2 Å². The van der Waals surface area contributed by atoms with Gasteiger partial charge in [0, 0.05) is 0 Å². The molecule has 1 N–H and O–H groups in total. The summed E-state index contributed by atoms with van der Waals surface area (Å²) in [6.45, 7) is 1.70. The molecule has 0 aliphatic rings. The normalized spacial score (nSPS) is 7.55. The minimum atomic E-state index is 0. The van der Waals surface area contributed by atoms with Crippen molar-refractivity contribution in [3.05, 3.63) is 17.2 Å². The zero-order valence-corrected chi connectivity index (χ0v) is 5.34. The molecule has 1 aromatic heterocycles. The summed E-state index contributed by atoms with van der Waals surface area (Å²) in [5.74, 6) is 0.591. The fraction of sp³-hybridized carbons (Fsp3) is 0.167. The number of nitriles is 2. The number of aromatic amines is 1. The van der Waals surface area contributed by atoms with E-state index < -0.39 is 0 Å². The Balaban J connectivity index is 0.000001000. The van der Waals surface area contributed by atoms with Gasteiger partial charge in [0.05, 0.1) is 0 Å². The molecule has 50 valence electrons. The van der Waals surface area contributed by atoms with E-state index >= 15 is 0 Å². The van der Waals surface area contributed by atoms with Crippen molar-refractivity contribution in [2.45, 2.75) is 6.92 Å². The molecule has 11 heavy (non-hydrogen) atoms. The molecule has 1 aromatic rings. The van der Waals surface area contributed by atoms with Gasteiger partial charge in [-0.1, -0.05) is 0 Å². The fourth-order valence-electron chi connectivity index (χ4n) is 0.653. The summed E-state index contributed by atoms with van der Waals surface area (Å²) >= 11 is 0. The molecule has 0 aliphatic carbocycles. The Bertz CT molecular complexity index is 296. The number of rotatable bonds is 0. The maximum atomic E-state index is 8.39. The van der Waals surface area contributed by atoms with Crippen molar-refractivity contribution < 1.29 is 0 Å². The Hall–Kier alpha value is -0.810. The summed E-state index contributed by atoms with van der Waals surface area (Å²) in [5.41, 5.74) is 0.403. The molecule has 0 aliphatic heterocycles. The van der Waals surface area contributed by atoms with Crippen molar-refractivity contribution in [2.75, 3.05) is 0 Å². The molecule has 0 unspecified atom stereocenters. The molecule has 0 spiro atoms. The van der Waals surface area contributed by atoms with Gasteiger partial charge in [0.25, 0.3) is 0 Å². The summed E-state index contributed by atoms with van der Waals surface area (Å²) in [6, 6.07) is 3.63. The van der Waals surface area contributed by atoms with Crippen LogP contribution in [0.3, 0.4) is 0 Å². The van der Waals surface area contributed by atoms with Gasteiger partial charge in [-0.2, -0.15) is 10.5 Å². The van der Waals surface area contributed by atoms with Crippen molar-refractivity contribution in [2.24, 2.45) is 0 Å². The topological polar surface area (TPSA) is 76.3 Å². The molecule has 0 atom stereocenters. The summed E-state index contributed by atoms with van der Waals surface area (Å²) in [7, 11) is 0. The first-order chi connectivity index (χ1) is 4.77. The van der Waals surface area contributed by atoms with Gasteiger partial charge in [-0.05, 0) is 6.92 Å². The van der Waals surface area contributed by atoms with Crippen LogP contribution in [0.5, 0.6) is 0 Å². The second kappa shape index (κ2) is 4.15. The molecule has 1 rings (SSSR count). The summed E-state index contributed by atoms with van der Waals surface area (Å²) < 4.78 is 0. The van der Waals surface area contributed by atoms with Gasteiger partial charge in [0.15, 0.2) is 11.4 Å². The minimum absolute atomic E-state index is 0. The molecule has 0 fully saturated rings. The molecule has 0 saturated heterocycles. The van der Waals surface area contributed by atoms with Gasteiger partial charge in [-0.3, -0.25) is 0 Å². The van der Waals surface area contributed by atoms with E-state index in [1.165, 1.54) is 0 Å².